The van der Waals surface area contributed by atoms with Crippen LogP contribution in [0.15, 0.2) is 41.0 Å². The van der Waals surface area contributed by atoms with E-state index in [1.54, 1.807) is 13.0 Å². The molecule has 1 heterocycles. The van der Waals surface area contributed by atoms with Crippen molar-refractivity contribution < 1.29 is 9.59 Å². The second kappa shape index (κ2) is 7.80. The molecular weight excluding hydrogens is 314 g/mol. The van der Waals surface area contributed by atoms with Crippen LogP contribution in [-0.4, -0.2) is 37.4 Å². The molecule has 0 saturated heterocycles. The van der Waals surface area contributed by atoms with Crippen molar-refractivity contribution in [3.05, 3.63) is 46.5 Å². The third-order valence-electron chi connectivity index (χ3n) is 4.28. The summed E-state index contributed by atoms with van der Waals surface area (Å²) in [5, 5.41) is 9.34. The number of hydrogen-bond donors (Lipinski definition) is 0. The highest BCUT2D eigenvalue weighted by Gasteiger charge is 2.34. The Balaban J connectivity index is 2.46. The SMILES string of the molecule is CCCCN1C(=O)C(C#N)=C(C)/C(=C\c2ccc(N(C)C)cc2)C1=O. The predicted molar refractivity (Wildman–Crippen MR) is 98.7 cm³/mol. The van der Waals surface area contributed by atoms with E-state index in [2.05, 4.69) is 0 Å². The van der Waals surface area contributed by atoms with E-state index < -0.39 is 5.91 Å². The van der Waals surface area contributed by atoms with Crippen molar-refractivity contribution in [3.63, 3.8) is 0 Å². The second-order valence-corrected chi connectivity index (χ2v) is 6.27. The first-order chi connectivity index (χ1) is 11.9. The number of benzene rings is 1. The topological polar surface area (TPSA) is 64.4 Å². The molecule has 5 nitrogen and oxygen atoms in total. The monoisotopic (exact) mass is 337 g/mol. The summed E-state index contributed by atoms with van der Waals surface area (Å²) in [6.07, 6.45) is 3.34. The van der Waals surface area contributed by atoms with Crippen LogP contribution in [0.1, 0.15) is 32.3 Å². The highest BCUT2D eigenvalue weighted by Crippen LogP contribution is 2.27. The summed E-state index contributed by atoms with van der Waals surface area (Å²) in [4.78, 5) is 28.4. The number of anilines is 1. The lowest BCUT2D eigenvalue weighted by molar-refractivity contribution is -0.140. The molecule has 0 spiro atoms. The standard InChI is InChI=1S/C20H23N3O2/c1-5-6-11-23-19(24)17(14(2)18(13-21)20(23)25)12-15-7-9-16(10-8-15)22(3)4/h7-10,12H,5-6,11H2,1-4H3/b17-12+. The predicted octanol–water partition coefficient (Wildman–Crippen LogP) is 3.14. The van der Waals surface area contributed by atoms with E-state index in [1.165, 1.54) is 4.90 Å². The minimum Gasteiger partial charge on any atom is -0.378 e. The molecule has 0 N–H and O–H groups in total. The summed E-state index contributed by atoms with van der Waals surface area (Å²) in [7, 11) is 3.92. The Morgan fingerprint density at radius 1 is 1.16 bits per heavy atom. The number of amides is 2. The Morgan fingerprint density at radius 3 is 2.32 bits per heavy atom. The molecule has 0 fully saturated rings. The number of unbranched alkanes of at least 4 members (excludes halogenated alkanes) is 1. The van der Waals surface area contributed by atoms with Gasteiger partial charge in [0.15, 0.2) is 0 Å². The van der Waals surface area contributed by atoms with Crippen molar-refractivity contribution >= 4 is 23.6 Å². The van der Waals surface area contributed by atoms with E-state index in [1.807, 2.05) is 56.3 Å². The number of rotatable bonds is 5. The molecule has 1 aromatic rings. The quantitative estimate of drug-likeness (QED) is 0.611. The summed E-state index contributed by atoms with van der Waals surface area (Å²) in [6.45, 7) is 3.99. The first-order valence-electron chi connectivity index (χ1n) is 8.37. The fraction of sp³-hybridized carbons (Fsp3) is 0.350. The average Bonchev–Trinajstić information content (AvgIpc) is 2.59. The zero-order valence-electron chi connectivity index (χ0n) is 15.2. The van der Waals surface area contributed by atoms with Crippen LogP contribution in [0, 0.1) is 11.3 Å². The Labute approximate surface area is 148 Å². The fourth-order valence-corrected chi connectivity index (χ4v) is 2.68. The smallest absolute Gasteiger partial charge is 0.271 e. The third-order valence-corrected chi connectivity index (χ3v) is 4.28. The van der Waals surface area contributed by atoms with Gasteiger partial charge < -0.3 is 4.90 Å². The summed E-state index contributed by atoms with van der Waals surface area (Å²) < 4.78 is 0. The van der Waals surface area contributed by atoms with Gasteiger partial charge in [-0.15, -0.1) is 0 Å². The molecule has 0 aromatic heterocycles. The normalized spacial score (nSPS) is 16.4. The lowest BCUT2D eigenvalue weighted by atomic mass is 9.93. The Kier molecular flexibility index (Phi) is 5.76. The molecule has 1 aromatic carbocycles. The first-order valence-corrected chi connectivity index (χ1v) is 8.37. The van der Waals surface area contributed by atoms with Crippen LogP contribution < -0.4 is 4.90 Å². The van der Waals surface area contributed by atoms with Gasteiger partial charge in [0.2, 0.25) is 0 Å². The van der Waals surface area contributed by atoms with E-state index >= 15 is 0 Å². The van der Waals surface area contributed by atoms with Gasteiger partial charge in [0.05, 0.1) is 0 Å². The zero-order chi connectivity index (χ0) is 18.6. The van der Waals surface area contributed by atoms with Crippen LogP contribution in [0.3, 0.4) is 0 Å². The van der Waals surface area contributed by atoms with Gasteiger partial charge in [-0.1, -0.05) is 25.5 Å². The molecule has 0 atom stereocenters. The molecule has 0 aliphatic carbocycles. The third kappa shape index (κ3) is 3.80. The maximum absolute atomic E-state index is 12.8. The minimum atomic E-state index is -0.487. The number of nitriles is 1. The van der Waals surface area contributed by atoms with Gasteiger partial charge in [-0.3, -0.25) is 14.5 Å². The van der Waals surface area contributed by atoms with Crippen molar-refractivity contribution in [2.24, 2.45) is 0 Å². The van der Waals surface area contributed by atoms with Crippen LogP contribution in [0.25, 0.3) is 6.08 Å². The minimum absolute atomic E-state index is 0.0480. The van der Waals surface area contributed by atoms with Gasteiger partial charge in [-0.25, -0.2) is 0 Å². The average molecular weight is 337 g/mol. The van der Waals surface area contributed by atoms with Crippen LogP contribution in [0.2, 0.25) is 0 Å². The highest BCUT2D eigenvalue weighted by molar-refractivity contribution is 6.19. The maximum Gasteiger partial charge on any atom is 0.271 e. The summed E-state index contributed by atoms with van der Waals surface area (Å²) >= 11 is 0. The van der Waals surface area contributed by atoms with Crippen molar-refractivity contribution in [1.29, 1.82) is 5.26 Å². The fourth-order valence-electron chi connectivity index (χ4n) is 2.68. The van der Waals surface area contributed by atoms with Crippen molar-refractivity contribution in [2.75, 3.05) is 25.5 Å². The largest absolute Gasteiger partial charge is 0.378 e. The van der Waals surface area contributed by atoms with E-state index in [9.17, 15) is 14.9 Å². The number of imide groups is 1. The Hall–Kier alpha value is -2.87. The lowest BCUT2D eigenvalue weighted by Crippen LogP contribution is -2.43. The highest BCUT2D eigenvalue weighted by atomic mass is 16.2. The van der Waals surface area contributed by atoms with E-state index in [0.29, 0.717) is 17.7 Å². The number of carbonyl (C=O) groups excluding carboxylic acids is 2. The van der Waals surface area contributed by atoms with Crippen molar-refractivity contribution in [2.45, 2.75) is 26.7 Å². The van der Waals surface area contributed by atoms with E-state index in [-0.39, 0.29) is 11.5 Å². The van der Waals surface area contributed by atoms with Crippen LogP contribution in [0.4, 0.5) is 5.69 Å². The van der Waals surface area contributed by atoms with Gasteiger partial charge in [0, 0.05) is 31.9 Å². The second-order valence-electron chi connectivity index (χ2n) is 6.27. The van der Waals surface area contributed by atoms with Crippen LogP contribution in [-0.2, 0) is 9.59 Å². The molecule has 2 rings (SSSR count). The number of hydrogen-bond acceptors (Lipinski definition) is 4. The van der Waals surface area contributed by atoms with Gasteiger partial charge >= 0.3 is 0 Å². The summed E-state index contributed by atoms with van der Waals surface area (Å²) in [5.41, 5.74) is 2.82. The van der Waals surface area contributed by atoms with Crippen LogP contribution in [0.5, 0.6) is 0 Å². The molecule has 5 heteroatoms. The summed E-state index contributed by atoms with van der Waals surface area (Å²) in [5.74, 6) is -0.815. The Morgan fingerprint density at radius 2 is 1.80 bits per heavy atom. The van der Waals surface area contributed by atoms with Gasteiger partial charge in [0.25, 0.3) is 11.8 Å². The van der Waals surface area contributed by atoms with E-state index in [0.717, 1.165) is 24.1 Å². The van der Waals surface area contributed by atoms with Gasteiger partial charge in [-0.2, -0.15) is 5.26 Å². The summed E-state index contributed by atoms with van der Waals surface area (Å²) in [6, 6.07) is 9.72. The number of carbonyl (C=O) groups is 2. The molecule has 25 heavy (non-hydrogen) atoms. The molecule has 1 aliphatic rings. The molecule has 0 saturated carbocycles. The molecule has 0 radical (unpaired) electrons. The molecule has 130 valence electrons. The van der Waals surface area contributed by atoms with Gasteiger partial charge in [-0.05, 0) is 42.7 Å². The van der Waals surface area contributed by atoms with Crippen molar-refractivity contribution in [3.8, 4) is 6.07 Å². The lowest BCUT2D eigenvalue weighted by Gasteiger charge is -2.27. The molecule has 1 aliphatic heterocycles. The van der Waals surface area contributed by atoms with Gasteiger partial charge in [0.1, 0.15) is 11.6 Å². The van der Waals surface area contributed by atoms with Crippen molar-refractivity contribution in [1.82, 2.24) is 4.90 Å². The molecule has 0 bridgehead atoms. The first kappa shape index (κ1) is 18.5. The molecular formula is C20H23N3O2. The molecule has 0 unspecified atom stereocenters. The Bertz CT molecular complexity index is 780. The van der Waals surface area contributed by atoms with E-state index in [4.69, 9.17) is 0 Å². The zero-order valence-corrected chi connectivity index (χ0v) is 15.2. The maximum atomic E-state index is 12.8. The van der Waals surface area contributed by atoms with Crippen LogP contribution >= 0.6 is 0 Å². The molecule has 2 amide bonds. The number of nitrogens with zero attached hydrogens (tertiary/aromatic N) is 3.